The monoisotopic (exact) mass is 520 g/mol. The molecular formula is C30H20N2O7. The summed E-state index contributed by atoms with van der Waals surface area (Å²) in [4.78, 5) is 64.0. The van der Waals surface area contributed by atoms with Crippen LogP contribution in [0.5, 0.6) is 0 Å². The van der Waals surface area contributed by atoms with E-state index >= 15 is 0 Å². The Morgan fingerprint density at radius 1 is 0.821 bits per heavy atom. The normalized spacial score (nSPS) is 14.6. The lowest BCUT2D eigenvalue weighted by atomic mass is 9.82. The molecule has 0 bridgehead atoms. The molecule has 9 heteroatoms. The number of ketones is 2. The minimum Gasteiger partial charge on any atom is -0.453 e. The largest absolute Gasteiger partial charge is 0.453 e. The number of nitrogens with zero attached hydrogens (tertiary/aromatic N) is 1. The lowest BCUT2D eigenvalue weighted by Gasteiger charge is -2.22. The van der Waals surface area contributed by atoms with Gasteiger partial charge >= 0.3 is 5.97 Å². The number of carbonyl (C=O) groups is 4. The average Bonchev–Trinajstić information content (AvgIpc) is 3.29. The van der Waals surface area contributed by atoms with Crippen molar-refractivity contribution in [3.8, 4) is 11.1 Å². The first-order chi connectivity index (χ1) is 18.8. The van der Waals surface area contributed by atoms with Crippen molar-refractivity contribution in [2.24, 2.45) is 5.92 Å². The fourth-order valence-electron chi connectivity index (χ4n) is 4.58. The molecule has 0 saturated heterocycles. The number of rotatable bonds is 8. The molecule has 1 aliphatic heterocycles. The topological polar surface area (TPSA) is 133 Å². The lowest BCUT2D eigenvalue weighted by Crippen LogP contribution is -2.38. The minimum atomic E-state index is -1.71. The van der Waals surface area contributed by atoms with Gasteiger partial charge in [0, 0.05) is 28.9 Å². The molecule has 192 valence electrons. The Morgan fingerprint density at radius 2 is 1.49 bits per heavy atom. The number of nitro groups is 1. The Labute approximate surface area is 222 Å². The van der Waals surface area contributed by atoms with Crippen LogP contribution in [-0.4, -0.2) is 28.4 Å². The number of hydrogen-bond donors (Lipinski definition) is 1. The van der Waals surface area contributed by atoms with E-state index < -0.39 is 40.4 Å². The number of nitrogens with one attached hydrogen (secondary N) is 1. The molecule has 1 amide bonds. The summed E-state index contributed by atoms with van der Waals surface area (Å²) in [6.07, 6.45) is -1.34. The second-order valence-corrected chi connectivity index (χ2v) is 8.79. The molecule has 1 aliphatic rings. The Kier molecular flexibility index (Phi) is 6.79. The van der Waals surface area contributed by atoms with Crippen molar-refractivity contribution in [3.05, 3.63) is 130 Å². The van der Waals surface area contributed by atoms with Crippen molar-refractivity contribution in [3.63, 3.8) is 0 Å². The SMILES string of the molecule is O=C(Nc1cccc([N+](=O)[O-])c1)C(=O)[C@H](C(=O)c1ccccc1-c1ccccc1)[C@@H]1OC(=O)c2ccccc21. The van der Waals surface area contributed by atoms with Crippen molar-refractivity contribution in [2.75, 3.05) is 5.32 Å². The summed E-state index contributed by atoms with van der Waals surface area (Å²) < 4.78 is 5.50. The first-order valence-electron chi connectivity index (χ1n) is 11.9. The predicted octanol–water partition coefficient (Wildman–Crippen LogP) is 5.18. The van der Waals surface area contributed by atoms with Crippen LogP contribution in [0, 0.1) is 16.0 Å². The van der Waals surface area contributed by atoms with Crippen LogP contribution in [0.4, 0.5) is 11.4 Å². The number of hydrogen-bond acceptors (Lipinski definition) is 7. The highest BCUT2D eigenvalue weighted by atomic mass is 16.6. The molecule has 9 nitrogen and oxygen atoms in total. The molecular weight excluding hydrogens is 500 g/mol. The van der Waals surface area contributed by atoms with Crippen LogP contribution in [0.15, 0.2) is 103 Å². The molecule has 0 radical (unpaired) electrons. The lowest BCUT2D eigenvalue weighted by molar-refractivity contribution is -0.384. The number of nitro benzene ring substituents is 1. The quantitative estimate of drug-likeness (QED) is 0.0845. The van der Waals surface area contributed by atoms with Crippen LogP contribution in [0.3, 0.4) is 0 Å². The van der Waals surface area contributed by atoms with E-state index in [9.17, 15) is 29.3 Å². The van der Waals surface area contributed by atoms with Crippen LogP contribution < -0.4 is 5.32 Å². The van der Waals surface area contributed by atoms with E-state index in [0.717, 1.165) is 11.6 Å². The minimum absolute atomic E-state index is 0.00208. The van der Waals surface area contributed by atoms with Gasteiger partial charge in [0.05, 0.1) is 10.5 Å². The highest BCUT2D eigenvalue weighted by Crippen LogP contribution is 2.39. The zero-order valence-corrected chi connectivity index (χ0v) is 20.3. The van der Waals surface area contributed by atoms with Crippen molar-refractivity contribution in [2.45, 2.75) is 6.10 Å². The first-order valence-corrected chi connectivity index (χ1v) is 11.9. The molecule has 0 spiro atoms. The van der Waals surface area contributed by atoms with Gasteiger partial charge in [-0.1, -0.05) is 78.9 Å². The van der Waals surface area contributed by atoms with Gasteiger partial charge in [-0.2, -0.15) is 0 Å². The van der Waals surface area contributed by atoms with Gasteiger partial charge in [0.2, 0.25) is 5.78 Å². The average molecular weight is 520 g/mol. The summed E-state index contributed by atoms with van der Waals surface area (Å²) in [7, 11) is 0. The molecule has 0 fully saturated rings. The number of fused-ring (bicyclic) bond motifs is 1. The summed E-state index contributed by atoms with van der Waals surface area (Å²) in [5.74, 6) is -5.45. The number of benzene rings is 4. The third kappa shape index (κ3) is 4.93. The highest BCUT2D eigenvalue weighted by molar-refractivity contribution is 6.45. The van der Waals surface area contributed by atoms with Crippen LogP contribution in [-0.2, 0) is 14.3 Å². The molecule has 5 rings (SSSR count). The van der Waals surface area contributed by atoms with Crippen LogP contribution in [0.1, 0.15) is 32.4 Å². The van der Waals surface area contributed by atoms with Crippen molar-refractivity contribution < 1.29 is 28.8 Å². The smallest absolute Gasteiger partial charge is 0.339 e. The molecule has 2 atom stereocenters. The van der Waals surface area contributed by atoms with Gasteiger partial charge in [0.25, 0.3) is 11.6 Å². The van der Waals surface area contributed by atoms with Crippen molar-refractivity contribution in [1.29, 1.82) is 0 Å². The Morgan fingerprint density at radius 3 is 2.23 bits per heavy atom. The van der Waals surface area contributed by atoms with Crippen molar-refractivity contribution >= 4 is 34.8 Å². The summed E-state index contributed by atoms with van der Waals surface area (Å²) >= 11 is 0. The molecule has 0 aliphatic carbocycles. The van der Waals surface area contributed by atoms with Crippen molar-refractivity contribution in [1.82, 2.24) is 0 Å². The van der Waals surface area contributed by atoms with Gasteiger partial charge in [-0.3, -0.25) is 24.5 Å². The number of Topliss-reactive ketones (excluding diaryl/α,β-unsaturated/α-hetero) is 2. The van der Waals surface area contributed by atoms with Gasteiger partial charge in [0.1, 0.15) is 12.0 Å². The molecule has 0 saturated carbocycles. The molecule has 4 aromatic carbocycles. The number of cyclic esters (lactones) is 1. The zero-order valence-electron chi connectivity index (χ0n) is 20.3. The fraction of sp³-hybridized carbons (Fsp3) is 0.0667. The van der Waals surface area contributed by atoms with Crippen LogP contribution >= 0.6 is 0 Å². The number of non-ortho nitro benzene ring substituents is 1. The number of carbonyl (C=O) groups excluding carboxylic acids is 4. The van der Waals surface area contributed by atoms with Crippen LogP contribution in [0.25, 0.3) is 11.1 Å². The predicted molar refractivity (Wildman–Crippen MR) is 141 cm³/mol. The molecule has 0 unspecified atom stereocenters. The second-order valence-electron chi connectivity index (χ2n) is 8.79. The standard InChI is InChI=1S/C30H20N2O7/c33-26(22-14-5-4-13-21(22)18-9-2-1-3-10-18)25(28-23-15-6-7-16-24(23)30(36)39-28)27(34)29(35)31-19-11-8-12-20(17-19)32(37)38/h1-17,25,28H,(H,31,35)/t25-,28+/m0/s1. The van der Waals surface area contributed by atoms with E-state index in [1.807, 2.05) is 18.2 Å². The van der Waals surface area contributed by atoms with E-state index in [0.29, 0.717) is 11.1 Å². The fourth-order valence-corrected chi connectivity index (χ4v) is 4.58. The summed E-state index contributed by atoms with van der Waals surface area (Å²) in [6, 6.07) is 27.1. The molecule has 1 heterocycles. The summed E-state index contributed by atoms with van der Waals surface area (Å²) in [6.45, 7) is 0. The third-order valence-electron chi connectivity index (χ3n) is 6.40. The Balaban J connectivity index is 1.56. The second kappa shape index (κ2) is 10.5. The first kappa shape index (κ1) is 25.2. The molecule has 0 aromatic heterocycles. The van der Waals surface area contributed by atoms with E-state index in [1.165, 1.54) is 24.3 Å². The van der Waals surface area contributed by atoms with E-state index in [1.54, 1.807) is 54.6 Å². The summed E-state index contributed by atoms with van der Waals surface area (Å²) in [5.41, 5.74) is 1.66. The molecule has 4 aromatic rings. The van der Waals surface area contributed by atoms with E-state index in [4.69, 9.17) is 4.74 Å². The maximum absolute atomic E-state index is 14.1. The molecule has 1 N–H and O–H groups in total. The number of ether oxygens (including phenoxy) is 1. The Hall–Kier alpha value is -5.44. The van der Waals surface area contributed by atoms with Gasteiger partial charge in [-0.05, 0) is 23.3 Å². The van der Waals surface area contributed by atoms with Crippen LogP contribution in [0.2, 0.25) is 0 Å². The maximum atomic E-state index is 14.1. The number of esters is 1. The van der Waals surface area contributed by atoms with Gasteiger partial charge in [-0.15, -0.1) is 0 Å². The van der Waals surface area contributed by atoms with Gasteiger partial charge < -0.3 is 10.1 Å². The highest BCUT2D eigenvalue weighted by Gasteiger charge is 2.46. The van der Waals surface area contributed by atoms with E-state index in [2.05, 4.69) is 5.32 Å². The maximum Gasteiger partial charge on any atom is 0.339 e. The van der Waals surface area contributed by atoms with Gasteiger partial charge in [-0.25, -0.2) is 4.79 Å². The zero-order chi connectivity index (χ0) is 27.5. The molecule has 39 heavy (non-hydrogen) atoms. The van der Waals surface area contributed by atoms with E-state index in [-0.39, 0.29) is 22.5 Å². The third-order valence-corrected chi connectivity index (χ3v) is 6.40. The Bertz CT molecular complexity index is 1630. The summed E-state index contributed by atoms with van der Waals surface area (Å²) in [5, 5.41) is 13.5. The van der Waals surface area contributed by atoms with Gasteiger partial charge in [0.15, 0.2) is 5.78 Å². The number of anilines is 1. The number of amides is 1.